The average molecular weight is 288 g/mol. The maximum absolute atomic E-state index is 11.5. The third-order valence-corrected chi connectivity index (χ3v) is 4.10. The number of hydrogen-bond donors (Lipinski definition) is 2. The van der Waals surface area contributed by atoms with E-state index in [0.717, 1.165) is 29.3 Å². The first kappa shape index (κ1) is 15.5. The molecule has 0 aliphatic rings. The number of aliphatic hydroxyl groups excluding tert-OH is 1. The fourth-order valence-corrected chi connectivity index (χ4v) is 2.74. The van der Waals surface area contributed by atoms with Gasteiger partial charge in [0.1, 0.15) is 6.10 Å². The van der Waals surface area contributed by atoms with Gasteiger partial charge in [-0.05, 0) is 24.9 Å². The first-order chi connectivity index (χ1) is 8.67. The predicted octanol–water partition coefficient (Wildman–Crippen LogP) is 1.48. The Morgan fingerprint density at radius 2 is 2.44 bits per heavy atom. The third kappa shape index (κ3) is 5.37. The Morgan fingerprint density at radius 3 is 3.06 bits per heavy atom. The van der Waals surface area contributed by atoms with Crippen molar-refractivity contribution in [1.29, 1.82) is 0 Å². The van der Waals surface area contributed by atoms with Gasteiger partial charge in [-0.25, -0.2) is 4.98 Å². The predicted molar refractivity (Wildman–Crippen MR) is 77.2 cm³/mol. The number of thiazole rings is 1. The molecule has 0 aliphatic carbocycles. The standard InChI is InChI=1S/C12H20N2O2S2/c1-3-9-8-18-11(14-9)4-6-13-12(16)10(15)5-7-17-2/h8,10,15H,3-7H2,1-2H3,(H,13,16)/t10-/m1/s1. The Kier molecular flexibility index (Phi) is 7.31. The molecule has 0 aromatic carbocycles. The molecule has 1 aromatic heterocycles. The van der Waals surface area contributed by atoms with Crippen molar-refractivity contribution in [2.24, 2.45) is 0 Å². The number of aliphatic hydroxyl groups is 1. The van der Waals surface area contributed by atoms with E-state index >= 15 is 0 Å². The molecule has 1 aromatic rings. The van der Waals surface area contributed by atoms with Crippen LogP contribution in [0.15, 0.2) is 5.38 Å². The van der Waals surface area contributed by atoms with Crippen LogP contribution in [-0.4, -0.2) is 40.7 Å². The molecule has 0 aliphatic heterocycles. The largest absolute Gasteiger partial charge is 0.383 e. The van der Waals surface area contributed by atoms with Crippen LogP contribution in [0, 0.1) is 0 Å². The van der Waals surface area contributed by atoms with Gasteiger partial charge >= 0.3 is 0 Å². The van der Waals surface area contributed by atoms with Crippen molar-refractivity contribution >= 4 is 29.0 Å². The van der Waals surface area contributed by atoms with Gasteiger partial charge in [-0.15, -0.1) is 11.3 Å². The molecule has 0 saturated carbocycles. The van der Waals surface area contributed by atoms with Crippen molar-refractivity contribution in [3.05, 3.63) is 16.1 Å². The number of rotatable bonds is 8. The minimum atomic E-state index is -0.889. The SMILES string of the molecule is CCc1csc(CCNC(=O)[C@H](O)CCSC)n1. The number of nitrogens with one attached hydrogen (secondary N) is 1. The number of thioether (sulfide) groups is 1. The quantitative estimate of drug-likeness (QED) is 0.760. The molecule has 0 bridgehead atoms. The maximum atomic E-state index is 11.5. The summed E-state index contributed by atoms with van der Waals surface area (Å²) in [7, 11) is 0. The highest BCUT2D eigenvalue weighted by Crippen LogP contribution is 2.10. The number of carbonyl (C=O) groups excluding carboxylic acids is 1. The molecule has 1 amide bonds. The van der Waals surface area contributed by atoms with E-state index < -0.39 is 6.10 Å². The summed E-state index contributed by atoms with van der Waals surface area (Å²) in [6.07, 6.45) is 3.24. The maximum Gasteiger partial charge on any atom is 0.248 e. The van der Waals surface area contributed by atoms with E-state index in [1.165, 1.54) is 0 Å². The van der Waals surface area contributed by atoms with Gasteiger partial charge in [0.2, 0.25) is 5.91 Å². The minimum absolute atomic E-state index is 0.281. The Bertz CT molecular complexity index is 369. The van der Waals surface area contributed by atoms with Crippen LogP contribution < -0.4 is 5.32 Å². The Labute approximate surface area is 116 Å². The lowest BCUT2D eigenvalue weighted by molar-refractivity contribution is -0.129. The smallest absolute Gasteiger partial charge is 0.248 e. The van der Waals surface area contributed by atoms with E-state index in [-0.39, 0.29) is 5.91 Å². The number of carbonyl (C=O) groups is 1. The molecule has 4 nitrogen and oxygen atoms in total. The molecule has 18 heavy (non-hydrogen) atoms. The Hall–Kier alpha value is -0.590. The van der Waals surface area contributed by atoms with Gasteiger partial charge in [-0.1, -0.05) is 6.92 Å². The zero-order chi connectivity index (χ0) is 13.4. The summed E-state index contributed by atoms with van der Waals surface area (Å²) in [5, 5.41) is 15.4. The molecule has 0 saturated heterocycles. The van der Waals surface area contributed by atoms with Crippen LogP contribution in [0.5, 0.6) is 0 Å². The zero-order valence-corrected chi connectivity index (χ0v) is 12.4. The molecule has 1 heterocycles. The second kappa shape index (κ2) is 8.50. The molecule has 0 unspecified atom stereocenters. The highest BCUT2D eigenvalue weighted by atomic mass is 32.2. The molecule has 0 spiro atoms. The number of nitrogens with zero attached hydrogens (tertiary/aromatic N) is 1. The van der Waals surface area contributed by atoms with Crippen molar-refractivity contribution in [3.8, 4) is 0 Å². The van der Waals surface area contributed by atoms with Crippen LogP contribution in [0.1, 0.15) is 24.0 Å². The lowest BCUT2D eigenvalue weighted by atomic mass is 10.2. The summed E-state index contributed by atoms with van der Waals surface area (Å²) in [5.41, 5.74) is 1.10. The molecule has 1 rings (SSSR count). The van der Waals surface area contributed by atoms with Crippen molar-refractivity contribution in [3.63, 3.8) is 0 Å². The van der Waals surface area contributed by atoms with Crippen LogP contribution in [0.2, 0.25) is 0 Å². The second-order valence-corrected chi connectivity index (χ2v) is 5.85. The van der Waals surface area contributed by atoms with E-state index in [2.05, 4.69) is 17.2 Å². The highest BCUT2D eigenvalue weighted by molar-refractivity contribution is 7.98. The van der Waals surface area contributed by atoms with Crippen LogP contribution >= 0.6 is 23.1 Å². The molecular weight excluding hydrogens is 268 g/mol. The molecule has 102 valence electrons. The van der Waals surface area contributed by atoms with E-state index in [1.54, 1.807) is 23.1 Å². The van der Waals surface area contributed by atoms with Gasteiger partial charge < -0.3 is 10.4 Å². The van der Waals surface area contributed by atoms with Crippen molar-refractivity contribution in [2.75, 3.05) is 18.6 Å². The topological polar surface area (TPSA) is 62.2 Å². The van der Waals surface area contributed by atoms with E-state index in [0.29, 0.717) is 13.0 Å². The fourth-order valence-electron chi connectivity index (χ4n) is 1.40. The van der Waals surface area contributed by atoms with Gasteiger partial charge in [0.15, 0.2) is 0 Å². The van der Waals surface area contributed by atoms with Crippen molar-refractivity contribution in [2.45, 2.75) is 32.3 Å². The number of hydrogen-bond acceptors (Lipinski definition) is 5. The van der Waals surface area contributed by atoms with E-state index in [1.807, 2.05) is 11.6 Å². The van der Waals surface area contributed by atoms with Gasteiger partial charge in [0.05, 0.1) is 10.7 Å². The molecule has 0 fully saturated rings. The van der Waals surface area contributed by atoms with Crippen LogP contribution in [-0.2, 0) is 17.6 Å². The first-order valence-corrected chi connectivity index (χ1v) is 8.32. The average Bonchev–Trinajstić information content (AvgIpc) is 2.83. The van der Waals surface area contributed by atoms with Crippen LogP contribution in [0.25, 0.3) is 0 Å². The molecule has 2 N–H and O–H groups in total. The summed E-state index contributed by atoms with van der Waals surface area (Å²) in [6.45, 7) is 2.61. The summed E-state index contributed by atoms with van der Waals surface area (Å²) >= 11 is 3.24. The Balaban J connectivity index is 2.22. The molecular formula is C12H20N2O2S2. The summed E-state index contributed by atoms with van der Waals surface area (Å²) in [6, 6.07) is 0. The summed E-state index contributed by atoms with van der Waals surface area (Å²) < 4.78 is 0. The fraction of sp³-hybridized carbons (Fsp3) is 0.667. The molecule has 1 atom stereocenters. The van der Waals surface area contributed by atoms with Crippen LogP contribution in [0.4, 0.5) is 0 Å². The summed E-state index contributed by atoms with van der Waals surface area (Å²) in [4.78, 5) is 15.9. The third-order valence-electron chi connectivity index (χ3n) is 2.50. The zero-order valence-electron chi connectivity index (χ0n) is 10.8. The van der Waals surface area contributed by atoms with Gasteiger partial charge in [-0.3, -0.25) is 4.79 Å². The molecule has 0 radical (unpaired) electrons. The first-order valence-electron chi connectivity index (χ1n) is 6.05. The lowest BCUT2D eigenvalue weighted by Gasteiger charge is -2.09. The second-order valence-electron chi connectivity index (χ2n) is 3.92. The van der Waals surface area contributed by atoms with E-state index in [4.69, 9.17) is 0 Å². The Morgan fingerprint density at radius 1 is 1.67 bits per heavy atom. The van der Waals surface area contributed by atoms with Gasteiger partial charge in [0, 0.05) is 18.3 Å². The van der Waals surface area contributed by atoms with Gasteiger partial charge in [-0.2, -0.15) is 11.8 Å². The summed E-state index contributed by atoms with van der Waals surface area (Å²) in [5.74, 6) is 0.511. The van der Waals surface area contributed by atoms with Gasteiger partial charge in [0.25, 0.3) is 0 Å². The number of aromatic nitrogens is 1. The highest BCUT2D eigenvalue weighted by Gasteiger charge is 2.13. The normalized spacial score (nSPS) is 12.4. The number of aryl methyl sites for hydroxylation is 1. The number of amides is 1. The monoisotopic (exact) mass is 288 g/mol. The lowest BCUT2D eigenvalue weighted by Crippen LogP contribution is -2.36. The van der Waals surface area contributed by atoms with E-state index in [9.17, 15) is 9.90 Å². The van der Waals surface area contributed by atoms with Crippen molar-refractivity contribution < 1.29 is 9.90 Å². The van der Waals surface area contributed by atoms with Crippen LogP contribution in [0.3, 0.4) is 0 Å². The minimum Gasteiger partial charge on any atom is -0.383 e. The van der Waals surface area contributed by atoms with Crippen molar-refractivity contribution in [1.82, 2.24) is 10.3 Å². The molecule has 6 heteroatoms.